The first kappa shape index (κ1) is 8.96. The quantitative estimate of drug-likeness (QED) is 0.722. The molecule has 14 heavy (non-hydrogen) atoms. The van der Waals surface area contributed by atoms with Crippen LogP contribution in [0.4, 0.5) is 0 Å². The minimum absolute atomic E-state index is 0.650. The fourth-order valence-corrected chi connectivity index (χ4v) is 1.41. The number of hydrogen-bond donors (Lipinski definition) is 2. The van der Waals surface area contributed by atoms with E-state index in [1.807, 2.05) is 24.9 Å². The molecule has 0 saturated heterocycles. The van der Waals surface area contributed by atoms with E-state index in [4.69, 9.17) is 5.73 Å². The molecule has 0 radical (unpaired) electrons. The van der Waals surface area contributed by atoms with E-state index in [0.29, 0.717) is 6.54 Å². The van der Waals surface area contributed by atoms with E-state index in [1.165, 1.54) is 0 Å². The van der Waals surface area contributed by atoms with Crippen LogP contribution in [0.3, 0.4) is 0 Å². The lowest BCUT2D eigenvalue weighted by molar-refractivity contribution is 0.733. The topological polar surface area (TPSA) is 72.5 Å². The summed E-state index contributed by atoms with van der Waals surface area (Å²) in [6, 6.07) is 0. The van der Waals surface area contributed by atoms with Crippen LogP contribution < -0.4 is 5.73 Å². The van der Waals surface area contributed by atoms with E-state index in [0.717, 1.165) is 24.2 Å². The van der Waals surface area contributed by atoms with Crippen molar-refractivity contribution in [2.24, 2.45) is 5.73 Å². The van der Waals surface area contributed by atoms with Crippen molar-refractivity contribution in [3.63, 3.8) is 0 Å². The van der Waals surface area contributed by atoms with Crippen molar-refractivity contribution < 1.29 is 0 Å². The van der Waals surface area contributed by atoms with Crippen LogP contribution in [0.2, 0.25) is 0 Å². The molecule has 2 rings (SSSR count). The highest BCUT2D eigenvalue weighted by Gasteiger charge is 2.02. The fourth-order valence-electron chi connectivity index (χ4n) is 1.41. The van der Waals surface area contributed by atoms with Crippen molar-refractivity contribution in [1.82, 2.24) is 19.7 Å². The van der Waals surface area contributed by atoms with Gasteiger partial charge in [-0.05, 0) is 6.54 Å². The summed E-state index contributed by atoms with van der Waals surface area (Å²) in [6.07, 6.45) is 8.22. The van der Waals surface area contributed by atoms with Crippen LogP contribution in [0.1, 0.15) is 11.3 Å². The molecule has 0 spiro atoms. The smallest absolute Gasteiger partial charge is 0.0951 e. The summed E-state index contributed by atoms with van der Waals surface area (Å²) in [7, 11) is 0. The Morgan fingerprint density at radius 2 is 2.36 bits per heavy atom. The first-order valence-electron chi connectivity index (χ1n) is 4.57. The van der Waals surface area contributed by atoms with E-state index in [1.54, 1.807) is 0 Å². The number of nitrogens with one attached hydrogen (secondary N) is 1. The molecule has 2 heterocycles. The molecule has 0 aliphatic rings. The molecule has 2 aromatic rings. The van der Waals surface area contributed by atoms with Gasteiger partial charge in [0.1, 0.15) is 0 Å². The molecule has 0 amide bonds. The molecule has 5 nitrogen and oxygen atoms in total. The number of hydrogen-bond acceptors (Lipinski definition) is 3. The zero-order valence-corrected chi connectivity index (χ0v) is 7.85. The predicted molar refractivity (Wildman–Crippen MR) is 52.7 cm³/mol. The van der Waals surface area contributed by atoms with Crippen molar-refractivity contribution >= 4 is 0 Å². The standard InChI is InChI=1S/C9H13N5/c10-2-1-9-5-11-7-14(9)6-8-3-12-13-4-8/h3-5,7H,1-2,6,10H2,(H,12,13). The minimum Gasteiger partial charge on any atom is -0.330 e. The molecule has 2 aromatic heterocycles. The number of imidazole rings is 1. The maximum Gasteiger partial charge on any atom is 0.0951 e. The van der Waals surface area contributed by atoms with E-state index in [9.17, 15) is 0 Å². The molecular formula is C9H13N5. The van der Waals surface area contributed by atoms with Crippen molar-refractivity contribution in [1.29, 1.82) is 0 Å². The van der Waals surface area contributed by atoms with E-state index >= 15 is 0 Å². The lowest BCUT2D eigenvalue weighted by Gasteiger charge is -2.04. The average molecular weight is 191 g/mol. The van der Waals surface area contributed by atoms with Gasteiger partial charge in [0.25, 0.3) is 0 Å². The number of rotatable bonds is 4. The van der Waals surface area contributed by atoms with Crippen LogP contribution in [0.25, 0.3) is 0 Å². The normalized spacial score (nSPS) is 10.6. The summed E-state index contributed by atoms with van der Waals surface area (Å²) in [4.78, 5) is 4.10. The van der Waals surface area contributed by atoms with Gasteiger partial charge in [-0.1, -0.05) is 0 Å². The molecule has 74 valence electrons. The Hall–Kier alpha value is -1.62. The van der Waals surface area contributed by atoms with Crippen LogP contribution in [0, 0.1) is 0 Å². The number of aromatic nitrogens is 4. The Kier molecular flexibility index (Phi) is 2.60. The third kappa shape index (κ3) is 1.82. The lowest BCUT2D eigenvalue weighted by atomic mass is 10.3. The van der Waals surface area contributed by atoms with Crippen molar-refractivity contribution in [3.8, 4) is 0 Å². The number of nitrogens with two attached hydrogens (primary N) is 1. The summed E-state index contributed by atoms with van der Waals surface area (Å²) in [5.74, 6) is 0. The molecule has 0 bridgehead atoms. The second-order valence-electron chi connectivity index (χ2n) is 3.16. The van der Waals surface area contributed by atoms with Gasteiger partial charge in [0.2, 0.25) is 0 Å². The van der Waals surface area contributed by atoms with Crippen molar-refractivity contribution in [2.75, 3.05) is 6.54 Å². The third-order valence-corrected chi connectivity index (χ3v) is 2.11. The molecule has 0 unspecified atom stereocenters. The zero-order valence-electron chi connectivity index (χ0n) is 7.85. The SMILES string of the molecule is NCCc1cncn1Cc1cn[nH]c1. The first-order chi connectivity index (χ1) is 6.90. The average Bonchev–Trinajstić information content (AvgIpc) is 2.80. The Labute approximate surface area is 82.0 Å². The van der Waals surface area contributed by atoms with E-state index in [2.05, 4.69) is 19.7 Å². The van der Waals surface area contributed by atoms with Crippen LogP contribution in [0.15, 0.2) is 24.9 Å². The molecule has 5 heteroatoms. The molecular weight excluding hydrogens is 178 g/mol. The van der Waals surface area contributed by atoms with Crippen LogP contribution in [0.5, 0.6) is 0 Å². The highest BCUT2D eigenvalue weighted by Crippen LogP contribution is 2.04. The van der Waals surface area contributed by atoms with Gasteiger partial charge < -0.3 is 10.3 Å². The number of nitrogens with zero attached hydrogens (tertiary/aromatic N) is 3. The first-order valence-corrected chi connectivity index (χ1v) is 4.57. The largest absolute Gasteiger partial charge is 0.330 e. The molecule has 0 aliphatic carbocycles. The lowest BCUT2D eigenvalue weighted by Crippen LogP contribution is -2.08. The van der Waals surface area contributed by atoms with Crippen LogP contribution in [-0.2, 0) is 13.0 Å². The molecule has 0 fully saturated rings. The maximum absolute atomic E-state index is 5.50. The third-order valence-electron chi connectivity index (χ3n) is 2.11. The van der Waals surface area contributed by atoms with Gasteiger partial charge in [-0.15, -0.1) is 0 Å². The second kappa shape index (κ2) is 4.06. The van der Waals surface area contributed by atoms with E-state index in [-0.39, 0.29) is 0 Å². The molecule has 0 saturated carbocycles. The van der Waals surface area contributed by atoms with E-state index < -0.39 is 0 Å². The van der Waals surface area contributed by atoms with Crippen LogP contribution >= 0.6 is 0 Å². The summed E-state index contributed by atoms with van der Waals surface area (Å²) >= 11 is 0. The highest BCUT2D eigenvalue weighted by atomic mass is 15.1. The van der Waals surface area contributed by atoms with Gasteiger partial charge in [0, 0.05) is 30.1 Å². The van der Waals surface area contributed by atoms with Gasteiger partial charge >= 0.3 is 0 Å². The van der Waals surface area contributed by atoms with Gasteiger partial charge in [0.05, 0.1) is 19.1 Å². The minimum atomic E-state index is 0.650. The van der Waals surface area contributed by atoms with Crippen molar-refractivity contribution in [3.05, 3.63) is 36.2 Å². The van der Waals surface area contributed by atoms with Crippen LogP contribution in [-0.4, -0.2) is 26.3 Å². The molecule has 0 aromatic carbocycles. The number of aromatic amines is 1. The summed E-state index contributed by atoms with van der Waals surface area (Å²) in [6.45, 7) is 1.45. The molecule has 0 atom stereocenters. The summed E-state index contributed by atoms with van der Waals surface area (Å²) in [5, 5.41) is 6.68. The highest BCUT2D eigenvalue weighted by molar-refractivity contribution is 5.07. The molecule has 0 aliphatic heterocycles. The van der Waals surface area contributed by atoms with Gasteiger partial charge in [0.15, 0.2) is 0 Å². The zero-order chi connectivity index (χ0) is 9.80. The number of H-pyrrole nitrogens is 1. The van der Waals surface area contributed by atoms with Gasteiger partial charge in [-0.25, -0.2) is 4.98 Å². The molecule has 3 N–H and O–H groups in total. The monoisotopic (exact) mass is 191 g/mol. The van der Waals surface area contributed by atoms with Gasteiger partial charge in [-0.3, -0.25) is 5.10 Å². The van der Waals surface area contributed by atoms with Crippen molar-refractivity contribution in [2.45, 2.75) is 13.0 Å². The van der Waals surface area contributed by atoms with Gasteiger partial charge in [-0.2, -0.15) is 5.10 Å². The predicted octanol–water partition coefficient (Wildman–Crippen LogP) is 0.156. The fraction of sp³-hybridized carbons (Fsp3) is 0.333. The Morgan fingerprint density at radius 1 is 1.43 bits per heavy atom. The Morgan fingerprint density at radius 3 is 3.07 bits per heavy atom. The Balaban J connectivity index is 2.12. The summed E-state index contributed by atoms with van der Waals surface area (Å²) < 4.78 is 2.08. The second-order valence-corrected chi connectivity index (χ2v) is 3.16. The maximum atomic E-state index is 5.50. The Bertz CT molecular complexity index is 376. The summed E-state index contributed by atoms with van der Waals surface area (Å²) in [5.41, 5.74) is 7.80.